The molecule has 106 valence electrons. The van der Waals surface area contributed by atoms with E-state index in [1.165, 1.54) is 32.1 Å². The lowest BCUT2D eigenvalue weighted by Gasteiger charge is -2.31. The third-order valence-corrected chi connectivity index (χ3v) is 4.79. The van der Waals surface area contributed by atoms with E-state index in [9.17, 15) is 4.39 Å². The molecule has 0 heterocycles. The fourth-order valence-corrected chi connectivity index (χ4v) is 3.44. The van der Waals surface area contributed by atoms with E-state index < -0.39 is 0 Å². The molecule has 1 fully saturated rings. The van der Waals surface area contributed by atoms with Gasteiger partial charge >= 0.3 is 0 Å². The third-order valence-electron chi connectivity index (χ3n) is 4.30. The SMILES string of the molecule is CC(N[C@@H](C)C1CCCCC1)c1ccc(Br)cc1F. The number of hydrogen-bond acceptors (Lipinski definition) is 1. The van der Waals surface area contributed by atoms with Crippen LogP contribution in [0.4, 0.5) is 4.39 Å². The molecule has 0 bridgehead atoms. The molecule has 19 heavy (non-hydrogen) atoms. The van der Waals surface area contributed by atoms with Crippen molar-refractivity contribution < 1.29 is 4.39 Å². The van der Waals surface area contributed by atoms with Gasteiger partial charge in [-0.1, -0.05) is 41.3 Å². The maximum atomic E-state index is 13.9. The first-order valence-electron chi connectivity index (χ1n) is 7.29. The first kappa shape index (κ1) is 15.0. The lowest BCUT2D eigenvalue weighted by molar-refractivity contribution is 0.267. The molecule has 1 N–H and O–H groups in total. The molecule has 1 aliphatic rings. The first-order valence-corrected chi connectivity index (χ1v) is 8.08. The van der Waals surface area contributed by atoms with Crippen molar-refractivity contribution in [1.29, 1.82) is 0 Å². The second kappa shape index (κ2) is 6.85. The highest BCUT2D eigenvalue weighted by molar-refractivity contribution is 9.10. The summed E-state index contributed by atoms with van der Waals surface area (Å²) in [4.78, 5) is 0. The predicted octanol–water partition coefficient (Wildman–Crippen LogP) is 5.21. The van der Waals surface area contributed by atoms with E-state index >= 15 is 0 Å². The number of nitrogens with one attached hydrogen (secondary N) is 1. The van der Waals surface area contributed by atoms with Crippen LogP contribution in [0.2, 0.25) is 0 Å². The molecule has 0 radical (unpaired) electrons. The summed E-state index contributed by atoms with van der Waals surface area (Å²) >= 11 is 3.30. The van der Waals surface area contributed by atoms with Gasteiger partial charge < -0.3 is 5.32 Å². The Morgan fingerprint density at radius 3 is 2.53 bits per heavy atom. The van der Waals surface area contributed by atoms with Gasteiger partial charge in [-0.25, -0.2) is 4.39 Å². The van der Waals surface area contributed by atoms with Gasteiger partial charge in [-0.2, -0.15) is 0 Å². The Morgan fingerprint density at radius 1 is 1.21 bits per heavy atom. The van der Waals surface area contributed by atoms with Crippen molar-refractivity contribution in [3.63, 3.8) is 0 Å². The average molecular weight is 328 g/mol. The second-order valence-corrected chi connectivity index (χ2v) is 6.66. The number of halogens is 2. The van der Waals surface area contributed by atoms with E-state index in [1.807, 2.05) is 19.1 Å². The number of hydrogen-bond donors (Lipinski definition) is 1. The van der Waals surface area contributed by atoms with Crippen molar-refractivity contribution in [2.45, 2.75) is 58.0 Å². The number of rotatable bonds is 4. The maximum Gasteiger partial charge on any atom is 0.129 e. The first-order chi connectivity index (χ1) is 9.08. The lowest BCUT2D eigenvalue weighted by Crippen LogP contribution is -2.36. The highest BCUT2D eigenvalue weighted by Gasteiger charge is 2.22. The van der Waals surface area contributed by atoms with E-state index in [-0.39, 0.29) is 11.9 Å². The second-order valence-electron chi connectivity index (χ2n) is 5.74. The summed E-state index contributed by atoms with van der Waals surface area (Å²) < 4.78 is 14.7. The van der Waals surface area contributed by atoms with Crippen molar-refractivity contribution in [3.05, 3.63) is 34.1 Å². The van der Waals surface area contributed by atoms with Crippen LogP contribution in [-0.2, 0) is 0 Å². The Hall–Kier alpha value is -0.410. The summed E-state index contributed by atoms with van der Waals surface area (Å²) in [5.74, 6) is 0.611. The van der Waals surface area contributed by atoms with Gasteiger partial charge in [-0.05, 0) is 44.7 Å². The molecule has 0 aromatic heterocycles. The molecule has 0 aliphatic heterocycles. The van der Waals surface area contributed by atoms with Crippen molar-refractivity contribution in [3.8, 4) is 0 Å². The van der Waals surface area contributed by atoms with E-state index in [1.54, 1.807) is 6.07 Å². The minimum atomic E-state index is -0.134. The molecule has 1 unspecified atom stereocenters. The van der Waals surface area contributed by atoms with Gasteiger partial charge in [0.1, 0.15) is 5.82 Å². The van der Waals surface area contributed by atoms with E-state index in [4.69, 9.17) is 0 Å². The molecule has 1 saturated carbocycles. The fourth-order valence-electron chi connectivity index (χ4n) is 3.11. The van der Waals surface area contributed by atoms with Crippen molar-refractivity contribution >= 4 is 15.9 Å². The summed E-state index contributed by atoms with van der Waals surface area (Å²) in [7, 11) is 0. The third kappa shape index (κ3) is 4.03. The molecule has 2 rings (SSSR count). The van der Waals surface area contributed by atoms with E-state index in [2.05, 4.69) is 28.2 Å². The van der Waals surface area contributed by atoms with Crippen molar-refractivity contribution in [1.82, 2.24) is 5.32 Å². The Balaban J connectivity index is 1.97. The van der Waals surface area contributed by atoms with Gasteiger partial charge in [0.05, 0.1) is 0 Å². The normalized spacial score (nSPS) is 20.2. The van der Waals surface area contributed by atoms with Crippen LogP contribution in [0, 0.1) is 11.7 Å². The van der Waals surface area contributed by atoms with Crippen molar-refractivity contribution in [2.24, 2.45) is 5.92 Å². The minimum absolute atomic E-state index is 0.0602. The molecular weight excluding hydrogens is 305 g/mol. The minimum Gasteiger partial charge on any atom is -0.307 e. The highest BCUT2D eigenvalue weighted by Crippen LogP contribution is 2.28. The van der Waals surface area contributed by atoms with Crippen LogP contribution in [0.15, 0.2) is 22.7 Å². The van der Waals surface area contributed by atoms with Gasteiger partial charge in [0, 0.05) is 22.1 Å². The van der Waals surface area contributed by atoms with Crippen LogP contribution in [0.3, 0.4) is 0 Å². The maximum absolute atomic E-state index is 13.9. The smallest absolute Gasteiger partial charge is 0.129 e. The molecule has 1 aromatic rings. The molecule has 3 heteroatoms. The quantitative estimate of drug-likeness (QED) is 0.800. The molecular formula is C16H23BrFN. The zero-order valence-corrected chi connectivity index (χ0v) is 13.3. The van der Waals surface area contributed by atoms with Crippen LogP contribution in [0.25, 0.3) is 0 Å². The summed E-state index contributed by atoms with van der Waals surface area (Å²) in [5.41, 5.74) is 0.755. The predicted molar refractivity (Wildman–Crippen MR) is 81.7 cm³/mol. The lowest BCUT2D eigenvalue weighted by atomic mass is 9.84. The van der Waals surface area contributed by atoms with Crippen molar-refractivity contribution in [2.75, 3.05) is 0 Å². The van der Waals surface area contributed by atoms with Gasteiger partial charge in [-0.15, -0.1) is 0 Å². The van der Waals surface area contributed by atoms with Crippen LogP contribution in [0.1, 0.15) is 57.6 Å². The van der Waals surface area contributed by atoms with E-state index in [0.717, 1.165) is 16.0 Å². The Kier molecular flexibility index (Phi) is 5.40. The van der Waals surface area contributed by atoms with Crippen LogP contribution >= 0.6 is 15.9 Å². The van der Waals surface area contributed by atoms with Gasteiger partial charge in [0.2, 0.25) is 0 Å². The van der Waals surface area contributed by atoms with Crippen LogP contribution in [0.5, 0.6) is 0 Å². The Morgan fingerprint density at radius 2 is 1.89 bits per heavy atom. The van der Waals surface area contributed by atoms with Gasteiger partial charge in [0.25, 0.3) is 0 Å². The monoisotopic (exact) mass is 327 g/mol. The topological polar surface area (TPSA) is 12.0 Å². The average Bonchev–Trinajstić information content (AvgIpc) is 2.39. The summed E-state index contributed by atoms with van der Waals surface area (Å²) in [6, 6.07) is 5.83. The number of benzene rings is 1. The zero-order valence-electron chi connectivity index (χ0n) is 11.8. The summed E-state index contributed by atoms with van der Waals surface area (Å²) in [6.45, 7) is 4.29. The summed E-state index contributed by atoms with van der Waals surface area (Å²) in [5, 5.41) is 3.57. The largest absolute Gasteiger partial charge is 0.307 e. The zero-order chi connectivity index (χ0) is 13.8. The molecule has 1 nitrogen and oxygen atoms in total. The molecule has 2 atom stereocenters. The fraction of sp³-hybridized carbons (Fsp3) is 0.625. The molecule has 0 spiro atoms. The van der Waals surface area contributed by atoms with Crippen LogP contribution < -0.4 is 5.32 Å². The Bertz CT molecular complexity index is 415. The van der Waals surface area contributed by atoms with Crippen LogP contribution in [-0.4, -0.2) is 6.04 Å². The van der Waals surface area contributed by atoms with E-state index in [0.29, 0.717) is 6.04 Å². The molecule has 0 saturated heterocycles. The molecule has 1 aromatic carbocycles. The molecule has 1 aliphatic carbocycles. The highest BCUT2D eigenvalue weighted by atomic mass is 79.9. The Labute approximate surface area is 124 Å². The van der Waals surface area contributed by atoms with Gasteiger partial charge in [0.15, 0.2) is 0 Å². The van der Waals surface area contributed by atoms with Gasteiger partial charge in [-0.3, -0.25) is 0 Å². The molecule has 0 amide bonds. The summed E-state index contributed by atoms with van der Waals surface area (Å²) in [6.07, 6.45) is 6.68. The standard InChI is InChI=1S/C16H23BrFN/c1-11(13-6-4-3-5-7-13)19-12(2)15-9-8-14(17)10-16(15)18/h8-13,19H,3-7H2,1-2H3/t11-,12?/m0/s1.